The number of nitrogens with one attached hydrogen (secondary N) is 1. The Balaban J connectivity index is 1.72. The van der Waals surface area contributed by atoms with Crippen molar-refractivity contribution in [3.63, 3.8) is 0 Å². The molecule has 1 N–H and O–H groups in total. The van der Waals surface area contributed by atoms with E-state index >= 15 is 0 Å². The SMILES string of the molecule is CCN(c1ccccc1)c1ncc(CNC2CC2)s1. The predicted octanol–water partition coefficient (Wildman–Crippen LogP) is 3.55. The highest BCUT2D eigenvalue weighted by molar-refractivity contribution is 7.15. The van der Waals surface area contributed by atoms with Gasteiger partial charge < -0.3 is 10.2 Å². The van der Waals surface area contributed by atoms with E-state index in [1.54, 1.807) is 11.3 Å². The van der Waals surface area contributed by atoms with E-state index in [-0.39, 0.29) is 0 Å². The molecule has 4 heteroatoms. The molecule has 1 aliphatic rings. The van der Waals surface area contributed by atoms with Crippen molar-refractivity contribution in [1.82, 2.24) is 10.3 Å². The number of thiazole rings is 1. The Morgan fingerprint density at radius 1 is 1.32 bits per heavy atom. The van der Waals surface area contributed by atoms with Gasteiger partial charge in [-0.05, 0) is 31.9 Å². The maximum absolute atomic E-state index is 4.57. The van der Waals surface area contributed by atoms with Crippen molar-refractivity contribution < 1.29 is 0 Å². The lowest BCUT2D eigenvalue weighted by molar-refractivity contribution is 0.694. The third kappa shape index (κ3) is 3.14. The summed E-state index contributed by atoms with van der Waals surface area (Å²) in [6.45, 7) is 4.05. The average molecular weight is 273 g/mol. The van der Waals surface area contributed by atoms with E-state index in [4.69, 9.17) is 0 Å². The van der Waals surface area contributed by atoms with Crippen LogP contribution in [-0.4, -0.2) is 17.6 Å². The number of hydrogen-bond acceptors (Lipinski definition) is 4. The van der Waals surface area contributed by atoms with Crippen LogP contribution >= 0.6 is 11.3 Å². The Hall–Kier alpha value is -1.39. The molecule has 0 unspecified atom stereocenters. The number of hydrogen-bond donors (Lipinski definition) is 1. The van der Waals surface area contributed by atoms with E-state index in [9.17, 15) is 0 Å². The molecule has 1 aromatic heterocycles. The monoisotopic (exact) mass is 273 g/mol. The molecular formula is C15H19N3S. The summed E-state index contributed by atoms with van der Waals surface area (Å²) in [5.74, 6) is 0. The summed E-state index contributed by atoms with van der Waals surface area (Å²) in [5.41, 5.74) is 1.21. The van der Waals surface area contributed by atoms with Gasteiger partial charge in [-0.15, -0.1) is 11.3 Å². The first kappa shape index (κ1) is 12.6. The third-order valence-electron chi connectivity index (χ3n) is 3.30. The van der Waals surface area contributed by atoms with Crippen molar-refractivity contribution >= 4 is 22.2 Å². The summed E-state index contributed by atoms with van der Waals surface area (Å²) in [6, 6.07) is 11.2. The van der Waals surface area contributed by atoms with Crippen LogP contribution in [0.25, 0.3) is 0 Å². The largest absolute Gasteiger partial charge is 0.318 e. The molecule has 1 fully saturated rings. The normalized spacial score (nSPS) is 14.6. The summed E-state index contributed by atoms with van der Waals surface area (Å²) in [6.07, 6.45) is 4.66. The molecule has 1 heterocycles. The van der Waals surface area contributed by atoms with Crippen LogP contribution in [0.3, 0.4) is 0 Å². The number of aromatic nitrogens is 1. The summed E-state index contributed by atoms with van der Waals surface area (Å²) in [7, 11) is 0. The molecule has 19 heavy (non-hydrogen) atoms. The molecule has 0 spiro atoms. The zero-order valence-corrected chi connectivity index (χ0v) is 12.0. The van der Waals surface area contributed by atoms with E-state index in [1.807, 2.05) is 12.3 Å². The van der Waals surface area contributed by atoms with Gasteiger partial charge in [0.2, 0.25) is 0 Å². The zero-order valence-electron chi connectivity index (χ0n) is 11.2. The highest BCUT2D eigenvalue weighted by Gasteiger charge is 2.20. The maximum Gasteiger partial charge on any atom is 0.190 e. The molecule has 2 aromatic rings. The summed E-state index contributed by atoms with van der Waals surface area (Å²) in [5, 5.41) is 4.62. The van der Waals surface area contributed by atoms with Gasteiger partial charge in [0.05, 0.1) is 0 Å². The standard InChI is InChI=1S/C15H19N3S/c1-2-18(13-6-4-3-5-7-13)15-17-11-14(19-15)10-16-12-8-9-12/h3-7,11-12,16H,2,8-10H2,1H3. The van der Waals surface area contributed by atoms with Gasteiger partial charge in [0.25, 0.3) is 0 Å². The van der Waals surface area contributed by atoms with Gasteiger partial charge in [-0.2, -0.15) is 0 Å². The number of benzene rings is 1. The van der Waals surface area contributed by atoms with Gasteiger partial charge >= 0.3 is 0 Å². The predicted molar refractivity (Wildman–Crippen MR) is 81.1 cm³/mol. The second-order valence-corrected chi connectivity index (χ2v) is 5.94. The van der Waals surface area contributed by atoms with Crippen LogP contribution in [-0.2, 0) is 6.54 Å². The minimum Gasteiger partial charge on any atom is -0.318 e. The van der Waals surface area contributed by atoms with Crippen LogP contribution in [0.2, 0.25) is 0 Å². The van der Waals surface area contributed by atoms with Crippen LogP contribution < -0.4 is 10.2 Å². The fourth-order valence-corrected chi connectivity index (χ4v) is 3.02. The molecule has 1 aliphatic carbocycles. The molecule has 0 amide bonds. The number of para-hydroxylation sites is 1. The molecule has 3 rings (SSSR count). The molecule has 1 aromatic carbocycles. The Bertz CT molecular complexity index is 519. The first-order valence-corrected chi connectivity index (χ1v) is 7.69. The van der Waals surface area contributed by atoms with Crippen LogP contribution in [0.15, 0.2) is 36.5 Å². The number of rotatable bonds is 6. The van der Waals surface area contributed by atoms with Crippen molar-refractivity contribution in [2.75, 3.05) is 11.4 Å². The summed E-state index contributed by atoms with van der Waals surface area (Å²) in [4.78, 5) is 8.14. The van der Waals surface area contributed by atoms with Gasteiger partial charge in [-0.25, -0.2) is 4.98 Å². The molecule has 0 saturated heterocycles. The first-order valence-electron chi connectivity index (χ1n) is 6.87. The molecule has 1 saturated carbocycles. The van der Waals surface area contributed by atoms with Crippen molar-refractivity contribution in [3.05, 3.63) is 41.4 Å². The first-order chi connectivity index (χ1) is 9.36. The van der Waals surface area contributed by atoms with Crippen LogP contribution in [0, 0.1) is 0 Å². The highest BCUT2D eigenvalue weighted by atomic mass is 32.1. The summed E-state index contributed by atoms with van der Waals surface area (Å²) < 4.78 is 0. The molecule has 0 atom stereocenters. The Morgan fingerprint density at radius 2 is 2.11 bits per heavy atom. The smallest absolute Gasteiger partial charge is 0.190 e. The molecule has 0 aliphatic heterocycles. The highest BCUT2D eigenvalue weighted by Crippen LogP contribution is 2.29. The molecule has 3 nitrogen and oxygen atoms in total. The van der Waals surface area contributed by atoms with E-state index in [2.05, 4.69) is 46.4 Å². The fourth-order valence-electron chi connectivity index (χ4n) is 2.07. The second-order valence-electron chi connectivity index (χ2n) is 4.84. The third-order valence-corrected chi connectivity index (χ3v) is 4.32. The number of nitrogens with zero attached hydrogens (tertiary/aromatic N) is 2. The van der Waals surface area contributed by atoms with Crippen molar-refractivity contribution in [2.45, 2.75) is 32.4 Å². The molecule has 100 valence electrons. The van der Waals surface area contributed by atoms with E-state index < -0.39 is 0 Å². The molecule has 0 radical (unpaired) electrons. The second kappa shape index (κ2) is 5.72. The van der Waals surface area contributed by atoms with Gasteiger partial charge in [0.15, 0.2) is 5.13 Å². The van der Waals surface area contributed by atoms with E-state index in [1.165, 1.54) is 23.4 Å². The molecular weight excluding hydrogens is 254 g/mol. The van der Waals surface area contributed by atoms with Crippen molar-refractivity contribution in [3.8, 4) is 0 Å². The lowest BCUT2D eigenvalue weighted by Gasteiger charge is -2.19. The van der Waals surface area contributed by atoms with Gasteiger partial charge in [-0.1, -0.05) is 18.2 Å². The van der Waals surface area contributed by atoms with Gasteiger partial charge in [-0.3, -0.25) is 0 Å². The zero-order chi connectivity index (χ0) is 13.1. The number of anilines is 2. The minimum absolute atomic E-state index is 0.752. The van der Waals surface area contributed by atoms with E-state index in [0.29, 0.717) is 0 Å². The minimum atomic E-state index is 0.752. The van der Waals surface area contributed by atoms with Gasteiger partial charge in [0, 0.05) is 35.9 Å². The fraction of sp³-hybridized carbons (Fsp3) is 0.400. The quantitative estimate of drug-likeness (QED) is 0.872. The van der Waals surface area contributed by atoms with E-state index in [0.717, 1.165) is 24.3 Å². The van der Waals surface area contributed by atoms with Crippen LogP contribution in [0.1, 0.15) is 24.6 Å². The van der Waals surface area contributed by atoms with Crippen molar-refractivity contribution in [2.24, 2.45) is 0 Å². The summed E-state index contributed by atoms with van der Waals surface area (Å²) >= 11 is 1.78. The lowest BCUT2D eigenvalue weighted by Crippen LogP contribution is -2.15. The molecule has 0 bridgehead atoms. The lowest BCUT2D eigenvalue weighted by atomic mass is 10.3. The van der Waals surface area contributed by atoms with Gasteiger partial charge in [0.1, 0.15) is 0 Å². The van der Waals surface area contributed by atoms with Crippen molar-refractivity contribution in [1.29, 1.82) is 0 Å². The Morgan fingerprint density at radius 3 is 2.79 bits per heavy atom. The average Bonchev–Trinajstić information content (AvgIpc) is 3.17. The maximum atomic E-state index is 4.57. The Labute approximate surface area is 118 Å². The topological polar surface area (TPSA) is 28.2 Å². The van der Waals surface area contributed by atoms with Crippen LogP contribution in [0.5, 0.6) is 0 Å². The Kier molecular flexibility index (Phi) is 3.80. The van der Waals surface area contributed by atoms with Crippen LogP contribution in [0.4, 0.5) is 10.8 Å².